The van der Waals surface area contributed by atoms with Crippen LogP contribution in [0.5, 0.6) is 0 Å². The van der Waals surface area contributed by atoms with E-state index in [2.05, 4.69) is 28.7 Å². The molecule has 0 atom stereocenters. The van der Waals surface area contributed by atoms with Crippen molar-refractivity contribution in [2.75, 3.05) is 13.1 Å². The molecule has 4 nitrogen and oxygen atoms in total. The van der Waals surface area contributed by atoms with E-state index in [0.29, 0.717) is 16.9 Å². The van der Waals surface area contributed by atoms with Crippen molar-refractivity contribution >= 4 is 22.8 Å². The minimum absolute atomic E-state index is 0.495. The molecule has 2 aromatic heterocycles. The molecule has 3 rings (SSSR count). The van der Waals surface area contributed by atoms with Crippen molar-refractivity contribution in [2.24, 2.45) is 5.92 Å². The molecule has 2 aromatic rings. The van der Waals surface area contributed by atoms with Gasteiger partial charge < -0.3 is 9.88 Å². The Morgan fingerprint density at radius 2 is 2.05 bits per heavy atom. The quantitative estimate of drug-likeness (QED) is 0.906. The number of fused-ring (bicyclic) bond motifs is 1. The van der Waals surface area contributed by atoms with Gasteiger partial charge in [0.05, 0.1) is 5.02 Å². The maximum Gasteiger partial charge on any atom is 0.160 e. The van der Waals surface area contributed by atoms with Crippen molar-refractivity contribution in [3.05, 3.63) is 23.1 Å². The highest BCUT2D eigenvalue weighted by molar-refractivity contribution is 6.31. The van der Waals surface area contributed by atoms with Gasteiger partial charge in [-0.3, -0.25) is 0 Å². The standard InChI is InChI=1S/C17H25ClN4/c1-3-13(4-2)16-21-15-9-14(18)10-20-17(15)22(16)11-12-5-7-19-8-6-12/h9-10,12-13,19H,3-8,11H2,1-2H3. The number of piperidine rings is 1. The minimum atomic E-state index is 0.495. The monoisotopic (exact) mass is 320 g/mol. The van der Waals surface area contributed by atoms with Crippen LogP contribution in [0.15, 0.2) is 12.3 Å². The number of nitrogens with one attached hydrogen (secondary N) is 1. The largest absolute Gasteiger partial charge is 0.317 e. The van der Waals surface area contributed by atoms with Crippen molar-refractivity contribution in [1.82, 2.24) is 19.9 Å². The maximum atomic E-state index is 6.10. The number of pyridine rings is 1. The molecule has 3 heterocycles. The summed E-state index contributed by atoms with van der Waals surface area (Å²) in [5.41, 5.74) is 1.92. The van der Waals surface area contributed by atoms with Crippen LogP contribution in [0, 0.1) is 5.92 Å². The van der Waals surface area contributed by atoms with Crippen molar-refractivity contribution in [2.45, 2.75) is 52.0 Å². The molecule has 120 valence electrons. The highest BCUT2D eigenvalue weighted by Gasteiger charge is 2.22. The first-order valence-corrected chi connectivity index (χ1v) is 8.83. The zero-order valence-electron chi connectivity index (χ0n) is 13.5. The van der Waals surface area contributed by atoms with Crippen LogP contribution in [0.25, 0.3) is 11.2 Å². The topological polar surface area (TPSA) is 42.7 Å². The van der Waals surface area contributed by atoms with Gasteiger partial charge in [-0.1, -0.05) is 25.4 Å². The summed E-state index contributed by atoms with van der Waals surface area (Å²) >= 11 is 6.10. The van der Waals surface area contributed by atoms with Crippen LogP contribution in [0.3, 0.4) is 0 Å². The predicted molar refractivity (Wildman–Crippen MR) is 91.5 cm³/mol. The summed E-state index contributed by atoms with van der Waals surface area (Å²) in [6.45, 7) is 7.75. The number of imidazole rings is 1. The van der Waals surface area contributed by atoms with E-state index in [1.165, 1.54) is 18.7 Å². The molecule has 22 heavy (non-hydrogen) atoms. The first kappa shape index (κ1) is 15.8. The molecular formula is C17H25ClN4. The normalized spacial score (nSPS) is 16.7. The third kappa shape index (κ3) is 3.13. The Morgan fingerprint density at radius 1 is 1.32 bits per heavy atom. The van der Waals surface area contributed by atoms with Crippen LogP contribution in [0.4, 0.5) is 0 Å². The second-order valence-corrected chi connectivity index (χ2v) is 6.72. The highest BCUT2D eigenvalue weighted by atomic mass is 35.5. The van der Waals surface area contributed by atoms with Gasteiger partial charge in [-0.25, -0.2) is 9.97 Å². The zero-order valence-corrected chi connectivity index (χ0v) is 14.2. The van der Waals surface area contributed by atoms with Crippen LogP contribution < -0.4 is 5.32 Å². The van der Waals surface area contributed by atoms with Crippen LogP contribution in [0.2, 0.25) is 5.02 Å². The Hall–Kier alpha value is -1.13. The number of aromatic nitrogens is 3. The smallest absolute Gasteiger partial charge is 0.160 e. The van der Waals surface area contributed by atoms with Crippen LogP contribution >= 0.6 is 11.6 Å². The summed E-state index contributed by atoms with van der Waals surface area (Å²) in [7, 11) is 0. The van der Waals surface area contributed by atoms with Gasteiger partial charge in [0.25, 0.3) is 0 Å². The first-order valence-electron chi connectivity index (χ1n) is 8.45. The Labute approximate surface area is 137 Å². The number of halogens is 1. The van der Waals surface area contributed by atoms with Gasteiger partial charge in [0.1, 0.15) is 11.3 Å². The van der Waals surface area contributed by atoms with Crippen LogP contribution in [0.1, 0.15) is 51.3 Å². The number of hydrogen-bond acceptors (Lipinski definition) is 3. The van der Waals surface area contributed by atoms with Crippen molar-refractivity contribution in [1.29, 1.82) is 0 Å². The average Bonchev–Trinajstić information content (AvgIpc) is 2.87. The average molecular weight is 321 g/mol. The van der Waals surface area contributed by atoms with Crippen molar-refractivity contribution in [3.63, 3.8) is 0 Å². The highest BCUT2D eigenvalue weighted by Crippen LogP contribution is 2.29. The Balaban J connectivity index is 2.01. The molecule has 1 aliphatic rings. The SMILES string of the molecule is CCC(CC)c1nc2cc(Cl)cnc2n1CC1CCNCC1. The molecular weight excluding hydrogens is 296 g/mol. The summed E-state index contributed by atoms with van der Waals surface area (Å²) in [4.78, 5) is 9.45. The third-order valence-electron chi connectivity index (χ3n) is 4.83. The molecule has 0 radical (unpaired) electrons. The molecule has 1 N–H and O–H groups in total. The molecule has 0 amide bonds. The summed E-state index contributed by atoms with van der Waals surface area (Å²) in [5, 5.41) is 4.10. The minimum Gasteiger partial charge on any atom is -0.317 e. The van der Waals surface area contributed by atoms with Gasteiger partial charge in [-0.15, -0.1) is 0 Å². The lowest BCUT2D eigenvalue weighted by molar-refractivity contribution is 0.329. The zero-order chi connectivity index (χ0) is 15.5. The second-order valence-electron chi connectivity index (χ2n) is 6.28. The van der Waals surface area contributed by atoms with E-state index in [0.717, 1.165) is 43.6 Å². The van der Waals surface area contributed by atoms with Gasteiger partial charge in [0.15, 0.2) is 5.65 Å². The molecule has 5 heteroatoms. The Morgan fingerprint density at radius 3 is 2.73 bits per heavy atom. The molecule has 0 bridgehead atoms. The fourth-order valence-corrected chi connectivity index (χ4v) is 3.62. The fraction of sp³-hybridized carbons (Fsp3) is 0.647. The summed E-state index contributed by atoms with van der Waals surface area (Å²) in [6.07, 6.45) is 6.42. The van der Waals surface area contributed by atoms with E-state index >= 15 is 0 Å². The predicted octanol–water partition coefficient (Wildman–Crippen LogP) is 3.99. The molecule has 0 saturated carbocycles. The molecule has 1 aliphatic heterocycles. The third-order valence-corrected chi connectivity index (χ3v) is 5.04. The molecule has 0 aromatic carbocycles. The van der Waals surface area contributed by atoms with E-state index in [1.807, 2.05) is 6.07 Å². The van der Waals surface area contributed by atoms with Gasteiger partial charge in [-0.2, -0.15) is 0 Å². The van der Waals surface area contributed by atoms with Crippen LogP contribution in [-0.2, 0) is 6.54 Å². The molecule has 1 fully saturated rings. The van der Waals surface area contributed by atoms with Gasteiger partial charge >= 0.3 is 0 Å². The van der Waals surface area contributed by atoms with E-state index in [-0.39, 0.29) is 0 Å². The molecule has 1 saturated heterocycles. The number of nitrogens with zero attached hydrogens (tertiary/aromatic N) is 3. The number of hydrogen-bond donors (Lipinski definition) is 1. The second kappa shape index (κ2) is 6.97. The summed E-state index contributed by atoms with van der Waals surface area (Å²) in [5.74, 6) is 2.40. The summed E-state index contributed by atoms with van der Waals surface area (Å²) in [6, 6.07) is 1.94. The van der Waals surface area contributed by atoms with E-state index < -0.39 is 0 Å². The van der Waals surface area contributed by atoms with Crippen molar-refractivity contribution in [3.8, 4) is 0 Å². The molecule has 0 aliphatic carbocycles. The van der Waals surface area contributed by atoms with Gasteiger partial charge in [-0.05, 0) is 50.8 Å². The van der Waals surface area contributed by atoms with E-state index in [1.54, 1.807) is 6.20 Å². The van der Waals surface area contributed by atoms with Crippen molar-refractivity contribution < 1.29 is 0 Å². The van der Waals surface area contributed by atoms with E-state index in [4.69, 9.17) is 16.6 Å². The molecule has 0 spiro atoms. The first-order chi connectivity index (χ1) is 10.7. The molecule has 0 unspecified atom stereocenters. The van der Waals surface area contributed by atoms with Gasteiger partial charge in [0.2, 0.25) is 0 Å². The lowest BCUT2D eigenvalue weighted by Crippen LogP contribution is -2.30. The van der Waals surface area contributed by atoms with Crippen LogP contribution in [-0.4, -0.2) is 27.6 Å². The number of rotatable bonds is 5. The lowest BCUT2D eigenvalue weighted by atomic mass is 9.97. The van der Waals surface area contributed by atoms with Gasteiger partial charge in [0, 0.05) is 18.7 Å². The lowest BCUT2D eigenvalue weighted by Gasteiger charge is -2.25. The van der Waals surface area contributed by atoms with E-state index in [9.17, 15) is 0 Å². The Kier molecular flexibility index (Phi) is 4.99. The Bertz CT molecular complexity index is 627. The fourth-order valence-electron chi connectivity index (χ4n) is 3.47. The maximum absolute atomic E-state index is 6.10. The summed E-state index contributed by atoms with van der Waals surface area (Å²) < 4.78 is 2.36.